The number of ether oxygens (including phenoxy) is 1. The van der Waals surface area contributed by atoms with Crippen molar-refractivity contribution in [3.8, 4) is 0 Å². The Morgan fingerprint density at radius 2 is 2.00 bits per heavy atom. The molecular formula is C15H25N3O. The standard InChI is InChI=1S/C15H25N3O/c1-2-6-13(7-3-1)17-15-16-9-10-18(15)12-14-8-4-5-11-19-14/h9-10,13-14H,1-8,11-12H2,(H,16,17). The summed E-state index contributed by atoms with van der Waals surface area (Å²) in [4.78, 5) is 4.47. The zero-order valence-electron chi connectivity index (χ0n) is 11.7. The quantitative estimate of drug-likeness (QED) is 0.906. The van der Waals surface area contributed by atoms with Gasteiger partial charge in [-0.15, -0.1) is 0 Å². The molecule has 0 bridgehead atoms. The second-order valence-corrected chi connectivity index (χ2v) is 5.87. The number of anilines is 1. The average molecular weight is 263 g/mol. The lowest BCUT2D eigenvalue weighted by Crippen LogP contribution is -2.28. The highest BCUT2D eigenvalue weighted by Crippen LogP contribution is 2.22. The minimum absolute atomic E-state index is 0.370. The Bertz CT molecular complexity index is 344. The highest BCUT2D eigenvalue weighted by molar-refractivity contribution is 5.27. The van der Waals surface area contributed by atoms with Crippen molar-refractivity contribution in [2.24, 2.45) is 0 Å². The SMILES string of the molecule is c1cn(CC2CCCCO2)c(NC2CCCCC2)n1. The first-order valence-corrected chi connectivity index (χ1v) is 7.81. The lowest BCUT2D eigenvalue weighted by molar-refractivity contribution is 0.00627. The van der Waals surface area contributed by atoms with E-state index in [1.165, 1.54) is 51.4 Å². The fourth-order valence-electron chi connectivity index (χ4n) is 3.20. The normalized spacial score (nSPS) is 25.4. The Balaban J connectivity index is 1.57. The molecule has 2 aliphatic rings. The van der Waals surface area contributed by atoms with E-state index in [1.54, 1.807) is 0 Å². The largest absolute Gasteiger partial charge is 0.376 e. The van der Waals surface area contributed by atoms with Gasteiger partial charge in [0.1, 0.15) is 0 Å². The number of imidazole rings is 1. The van der Waals surface area contributed by atoms with Crippen LogP contribution < -0.4 is 5.32 Å². The molecule has 1 saturated heterocycles. The van der Waals surface area contributed by atoms with Crippen molar-refractivity contribution in [1.82, 2.24) is 9.55 Å². The highest BCUT2D eigenvalue weighted by Gasteiger charge is 2.18. The average Bonchev–Trinajstić information content (AvgIpc) is 2.88. The van der Waals surface area contributed by atoms with Gasteiger partial charge in [-0.25, -0.2) is 4.98 Å². The van der Waals surface area contributed by atoms with Crippen LogP contribution in [0.5, 0.6) is 0 Å². The maximum atomic E-state index is 5.82. The van der Waals surface area contributed by atoms with Crippen LogP contribution in [-0.4, -0.2) is 28.3 Å². The third-order valence-corrected chi connectivity index (χ3v) is 4.33. The van der Waals surface area contributed by atoms with Crippen molar-refractivity contribution in [3.63, 3.8) is 0 Å². The van der Waals surface area contributed by atoms with Crippen LogP contribution in [0.4, 0.5) is 5.95 Å². The molecule has 1 N–H and O–H groups in total. The fraction of sp³-hybridized carbons (Fsp3) is 0.800. The molecule has 4 heteroatoms. The number of hydrogen-bond acceptors (Lipinski definition) is 3. The number of hydrogen-bond donors (Lipinski definition) is 1. The van der Waals surface area contributed by atoms with Gasteiger partial charge in [-0.1, -0.05) is 19.3 Å². The Morgan fingerprint density at radius 3 is 2.79 bits per heavy atom. The number of nitrogens with zero attached hydrogens (tertiary/aromatic N) is 2. The number of rotatable bonds is 4. The summed E-state index contributed by atoms with van der Waals surface area (Å²) in [6.07, 6.45) is 14.7. The first-order valence-electron chi connectivity index (χ1n) is 7.81. The highest BCUT2D eigenvalue weighted by atomic mass is 16.5. The van der Waals surface area contributed by atoms with Crippen LogP contribution in [0.15, 0.2) is 12.4 Å². The molecule has 1 saturated carbocycles. The molecule has 2 fully saturated rings. The molecule has 2 heterocycles. The number of aromatic nitrogens is 2. The molecule has 1 aromatic heterocycles. The van der Waals surface area contributed by atoms with Crippen molar-refractivity contribution in [2.75, 3.05) is 11.9 Å². The number of nitrogens with one attached hydrogen (secondary N) is 1. The molecular weight excluding hydrogens is 238 g/mol. The maximum Gasteiger partial charge on any atom is 0.203 e. The van der Waals surface area contributed by atoms with E-state index in [0.29, 0.717) is 12.1 Å². The van der Waals surface area contributed by atoms with E-state index in [4.69, 9.17) is 4.74 Å². The van der Waals surface area contributed by atoms with Gasteiger partial charge in [0.15, 0.2) is 0 Å². The molecule has 1 aliphatic carbocycles. The predicted octanol–water partition coefficient (Wildman–Crippen LogP) is 3.20. The van der Waals surface area contributed by atoms with E-state index in [0.717, 1.165) is 19.1 Å². The first-order chi connectivity index (χ1) is 9.42. The maximum absolute atomic E-state index is 5.82. The van der Waals surface area contributed by atoms with Crippen LogP contribution in [-0.2, 0) is 11.3 Å². The Morgan fingerprint density at radius 1 is 1.16 bits per heavy atom. The van der Waals surface area contributed by atoms with E-state index in [2.05, 4.69) is 21.1 Å². The molecule has 1 unspecified atom stereocenters. The summed E-state index contributed by atoms with van der Waals surface area (Å²) in [6.45, 7) is 1.86. The van der Waals surface area contributed by atoms with Crippen molar-refractivity contribution in [3.05, 3.63) is 12.4 Å². The summed E-state index contributed by atoms with van der Waals surface area (Å²) in [5.74, 6) is 1.03. The van der Waals surface area contributed by atoms with Crippen LogP contribution in [0.3, 0.4) is 0 Å². The zero-order valence-corrected chi connectivity index (χ0v) is 11.7. The Hall–Kier alpha value is -1.03. The predicted molar refractivity (Wildman–Crippen MR) is 76.3 cm³/mol. The molecule has 0 aromatic carbocycles. The van der Waals surface area contributed by atoms with Gasteiger partial charge >= 0.3 is 0 Å². The van der Waals surface area contributed by atoms with E-state index >= 15 is 0 Å². The molecule has 3 rings (SSSR count). The Labute approximate surface area is 115 Å². The molecule has 4 nitrogen and oxygen atoms in total. The van der Waals surface area contributed by atoms with E-state index < -0.39 is 0 Å². The summed E-state index contributed by atoms with van der Waals surface area (Å²) in [5, 5.41) is 3.62. The minimum Gasteiger partial charge on any atom is -0.376 e. The minimum atomic E-state index is 0.370. The van der Waals surface area contributed by atoms with Crippen LogP contribution in [0.1, 0.15) is 51.4 Å². The second kappa shape index (κ2) is 6.42. The lowest BCUT2D eigenvalue weighted by Gasteiger charge is -2.26. The Kier molecular flexibility index (Phi) is 4.38. The summed E-state index contributed by atoms with van der Waals surface area (Å²) in [5.41, 5.74) is 0. The van der Waals surface area contributed by atoms with E-state index in [-0.39, 0.29) is 0 Å². The second-order valence-electron chi connectivity index (χ2n) is 5.87. The molecule has 1 aromatic rings. The summed E-state index contributed by atoms with van der Waals surface area (Å²) < 4.78 is 8.05. The lowest BCUT2D eigenvalue weighted by atomic mass is 9.96. The first kappa shape index (κ1) is 13.0. The van der Waals surface area contributed by atoms with Crippen molar-refractivity contribution in [1.29, 1.82) is 0 Å². The summed E-state index contributed by atoms with van der Waals surface area (Å²) in [7, 11) is 0. The fourth-order valence-corrected chi connectivity index (χ4v) is 3.20. The van der Waals surface area contributed by atoms with E-state index in [9.17, 15) is 0 Å². The molecule has 1 atom stereocenters. The molecule has 19 heavy (non-hydrogen) atoms. The van der Waals surface area contributed by atoms with Gasteiger partial charge in [0.25, 0.3) is 0 Å². The van der Waals surface area contributed by atoms with Gasteiger partial charge in [0.2, 0.25) is 5.95 Å². The third kappa shape index (κ3) is 3.50. The topological polar surface area (TPSA) is 39.1 Å². The smallest absolute Gasteiger partial charge is 0.203 e. The summed E-state index contributed by atoms with van der Waals surface area (Å²) >= 11 is 0. The van der Waals surface area contributed by atoms with Gasteiger partial charge in [-0.05, 0) is 32.1 Å². The molecule has 0 spiro atoms. The van der Waals surface area contributed by atoms with Crippen LogP contribution in [0.25, 0.3) is 0 Å². The van der Waals surface area contributed by atoms with Gasteiger partial charge in [-0.2, -0.15) is 0 Å². The zero-order chi connectivity index (χ0) is 12.9. The molecule has 1 aliphatic heterocycles. The van der Waals surface area contributed by atoms with Crippen molar-refractivity contribution in [2.45, 2.75) is 70.1 Å². The van der Waals surface area contributed by atoms with Gasteiger partial charge in [0, 0.05) is 25.0 Å². The van der Waals surface area contributed by atoms with E-state index in [1.807, 2.05) is 6.20 Å². The van der Waals surface area contributed by atoms with Gasteiger partial charge in [0.05, 0.1) is 12.6 Å². The molecule has 0 amide bonds. The monoisotopic (exact) mass is 263 g/mol. The van der Waals surface area contributed by atoms with Crippen LogP contribution >= 0.6 is 0 Å². The summed E-state index contributed by atoms with van der Waals surface area (Å²) in [6, 6.07) is 0.613. The van der Waals surface area contributed by atoms with Crippen molar-refractivity contribution >= 4 is 5.95 Å². The van der Waals surface area contributed by atoms with Gasteiger partial charge < -0.3 is 14.6 Å². The third-order valence-electron chi connectivity index (χ3n) is 4.33. The molecule has 0 radical (unpaired) electrons. The van der Waals surface area contributed by atoms with Crippen molar-refractivity contribution < 1.29 is 4.74 Å². The van der Waals surface area contributed by atoms with Crippen LogP contribution in [0.2, 0.25) is 0 Å². The van der Waals surface area contributed by atoms with Crippen LogP contribution in [0, 0.1) is 0 Å². The van der Waals surface area contributed by atoms with Gasteiger partial charge in [-0.3, -0.25) is 0 Å². The molecule has 106 valence electrons.